The first-order valence-electron chi connectivity index (χ1n) is 6.79. The minimum Gasteiger partial charge on any atom is -0.396 e. The fourth-order valence-electron chi connectivity index (χ4n) is 2.35. The third kappa shape index (κ3) is 3.76. The van der Waals surface area contributed by atoms with Crippen LogP contribution < -0.4 is 4.72 Å². The summed E-state index contributed by atoms with van der Waals surface area (Å²) in [6.07, 6.45) is 3.32. The molecular formula is C13H21N3O3S. The molecule has 0 bridgehead atoms. The lowest BCUT2D eigenvalue weighted by Gasteiger charge is -2.30. The second kappa shape index (κ2) is 6.62. The van der Waals surface area contributed by atoms with E-state index >= 15 is 0 Å². The molecule has 112 valence electrons. The molecule has 1 aromatic heterocycles. The van der Waals surface area contributed by atoms with Crippen molar-refractivity contribution >= 4 is 10.2 Å². The molecule has 1 unspecified atom stereocenters. The maximum atomic E-state index is 12.2. The van der Waals surface area contributed by atoms with Gasteiger partial charge in [-0.05, 0) is 37.3 Å². The first-order valence-corrected chi connectivity index (χ1v) is 8.23. The number of aliphatic hydroxyl groups excluding tert-OH is 1. The van der Waals surface area contributed by atoms with Crippen LogP contribution >= 0.6 is 0 Å². The van der Waals surface area contributed by atoms with Gasteiger partial charge in [0.15, 0.2) is 0 Å². The van der Waals surface area contributed by atoms with Gasteiger partial charge in [-0.3, -0.25) is 4.98 Å². The van der Waals surface area contributed by atoms with Crippen LogP contribution in [-0.4, -0.2) is 42.5 Å². The molecule has 0 spiro atoms. The average molecular weight is 299 g/mol. The number of nitrogens with one attached hydrogen (secondary N) is 1. The topological polar surface area (TPSA) is 82.5 Å². The van der Waals surface area contributed by atoms with Crippen LogP contribution in [-0.2, 0) is 16.8 Å². The van der Waals surface area contributed by atoms with Crippen LogP contribution in [0.25, 0.3) is 0 Å². The van der Waals surface area contributed by atoms with Crippen molar-refractivity contribution in [3.05, 3.63) is 29.6 Å². The second-order valence-corrected chi connectivity index (χ2v) is 6.90. The summed E-state index contributed by atoms with van der Waals surface area (Å²) in [5, 5.41) is 9.17. The molecular weight excluding hydrogens is 278 g/mol. The zero-order valence-corrected chi connectivity index (χ0v) is 12.4. The number of hydrogen-bond acceptors (Lipinski definition) is 4. The number of aromatic nitrogens is 1. The summed E-state index contributed by atoms with van der Waals surface area (Å²) in [6, 6.07) is 3.73. The Morgan fingerprint density at radius 1 is 1.55 bits per heavy atom. The number of nitrogens with zero attached hydrogens (tertiary/aromatic N) is 2. The van der Waals surface area contributed by atoms with Crippen molar-refractivity contribution in [1.29, 1.82) is 0 Å². The predicted molar refractivity (Wildman–Crippen MR) is 76.1 cm³/mol. The number of piperidine rings is 1. The van der Waals surface area contributed by atoms with Gasteiger partial charge in [0.2, 0.25) is 0 Å². The van der Waals surface area contributed by atoms with Crippen LogP contribution in [0.3, 0.4) is 0 Å². The van der Waals surface area contributed by atoms with Gasteiger partial charge in [-0.25, -0.2) is 0 Å². The zero-order chi connectivity index (χ0) is 14.6. The third-order valence-electron chi connectivity index (χ3n) is 3.62. The monoisotopic (exact) mass is 299 g/mol. The molecule has 0 aromatic carbocycles. The van der Waals surface area contributed by atoms with Crippen molar-refractivity contribution in [2.24, 2.45) is 5.92 Å². The van der Waals surface area contributed by atoms with Gasteiger partial charge in [0, 0.05) is 25.9 Å². The number of hydrogen-bond donors (Lipinski definition) is 2. The Morgan fingerprint density at radius 3 is 3.05 bits per heavy atom. The molecule has 1 aliphatic rings. The first-order chi connectivity index (χ1) is 9.53. The highest BCUT2D eigenvalue weighted by atomic mass is 32.2. The van der Waals surface area contributed by atoms with Crippen molar-refractivity contribution in [2.75, 3.05) is 19.7 Å². The highest BCUT2D eigenvalue weighted by Crippen LogP contribution is 2.18. The SMILES string of the molecule is Cc1cccnc1CNS(=O)(=O)N1CCCC(CO)C1. The van der Waals surface area contributed by atoms with Gasteiger partial charge in [0.1, 0.15) is 0 Å². The Hall–Kier alpha value is -1.02. The Kier molecular flexibility index (Phi) is 5.09. The minimum absolute atomic E-state index is 0.0331. The van der Waals surface area contributed by atoms with Crippen LogP contribution in [0, 0.1) is 12.8 Å². The Balaban J connectivity index is 1.99. The number of pyridine rings is 1. The average Bonchev–Trinajstić information content (AvgIpc) is 2.46. The molecule has 1 atom stereocenters. The Labute approximate surface area is 120 Å². The van der Waals surface area contributed by atoms with Gasteiger partial charge in [-0.1, -0.05) is 6.07 Å². The fourth-order valence-corrected chi connectivity index (χ4v) is 3.63. The molecule has 2 N–H and O–H groups in total. The van der Waals surface area contributed by atoms with Gasteiger partial charge < -0.3 is 5.11 Å². The van der Waals surface area contributed by atoms with E-state index < -0.39 is 10.2 Å². The van der Waals surface area contributed by atoms with Gasteiger partial charge in [-0.2, -0.15) is 17.4 Å². The zero-order valence-electron chi connectivity index (χ0n) is 11.6. The summed E-state index contributed by atoms with van der Waals surface area (Å²) in [6.45, 7) is 3.01. The lowest BCUT2D eigenvalue weighted by atomic mass is 10.0. The van der Waals surface area contributed by atoms with Crippen LogP contribution in [0.15, 0.2) is 18.3 Å². The molecule has 1 saturated heterocycles. The van der Waals surface area contributed by atoms with E-state index in [1.807, 2.05) is 19.1 Å². The molecule has 0 saturated carbocycles. The van der Waals surface area contributed by atoms with E-state index in [1.54, 1.807) is 6.20 Å². The molecule has 1 aliphatic heterocycles. The molecule has 7 heteroatoms. The van der Waals surface area contributed by atoms with E-state index in [9.17, 15) is 8.42 Å². The number of rotatable bonds is 5. The van der Waals surface area contributed by atoms with Crippen LogP contribution in [0.1, 0.15) is 24.1 Å². The lowest BCUT2D eigenvalue weighted by molar-refractivity contribution is 0.164. The summed E-state index contributed by atoms with van der Waals surface area (Å²) in [7, 11) is -3.51. The van der Waals surface area contributed by atoms with Crippen molar-refractivity contribution in [2.45, 2.75) is 26.3 Å². The van der Waals surface area contributed by atoms with Gasteiger partial charge in [0.05, 0.1) is 12.2 Å². The third-order valence-corrected chi connectivity index (χ3v) is 5.14. The molecule has 1 aromatic rings. The number of aryl methyl sites for hydroxylation is 1. The van der Waals surface area contributed by atoms with Crippen LogP contribution in [0.4, 0.5) is 0 Å². The fraction of sp³-hybridized carbons (Fsp3) is 0.615. The molecule has 2 heterocycles. The normalized spacial score (nSPS) is 21.0. The quantitative estimate of drug-likeness (QED) is 0.826. The molecule has 0 aliphatic carbocycles. The minimum atomic E-state index is -3.51. The predicted octanol–water partition coefficient (Wildman–Crippen LogP) is 0.429. The van der Waals surface area contributed by atoms with Gasteiger partial charge in [-0.15, -0.1) is 0 Å². The molecule has 0 amide bonds. The summed E-state index contributed by atoms with van der Waals surface area (Å²) in [5.74, 6) is 0.0388. The molecule has 20 heavy (non-hydrogen) atoms. The standard InChI is InChI=1S/C13H21N3O3S/c1-11-4-2-6-14-13(11)8-15-20(18,19)16-7-3-5-12(9-16)10-17/h2,4,6,12,15,17H,3,5,7-10H2,1H3. The number of aliphatic hydroxyl groups is 1. The van der Waals surface area contributed by atoms with E-state index in [-0.39, 0.29) is 19.1 Å². The largest absolute Gasteiger partial charge is 0.396 e. The highest BCUT2D eigenvalue weighted by Gasteiger charge is 2.28. The maximum Gasteiger partial charge on any atom is 0.279 e. The van der Waals surface area contributed by atoms with Crippen molar-refractivity contribution in [3.63, 3.8) is 0 Å². The van der Waals surface area contributed by atoms with Crippen molar-refractivity contribution in [1.82, 2.24) is 14.0 Å². The van der Waals surface area contributed by atoms with Crippen LogP contribution in [0.2, 0.25) is 0 Å². The van der Waals surface area contributed by atoms with E-state index in [0.29, 0.717) is 13.1 Å². The van der Waals surface area contributed by atoms with E-state index in [2.05, 4.69) is 9.71 Å². The lowest BCUT2D eigenvalue weighted by Crippen LogP contribution is -2.46. The molecule has 0 radical (unpaired) electrons. The van der Waals surface area contributed by atoms with E-state index in [1.165, 1.54) is 4.31 Å². The maximum absolute atomic E-state index is 12.2. The summed E-state index contributed by atoms with van der Waals surface area (Å²) >= 11 is 0. The van der Waals surface area contributed by atoms with Gasteiger partial charge in [0.25, 0.3) is 10.2 Å². The molecule has 1 fully saturated rings. The van der Waals surface area contributed by atoms with E-state index in [0.717, 1.165) is 24.1 Å². The smallest absolute Gasteiger partial charge is 0.279 e. The molecule has 2 rings (SSSR count). The summed E-state index contributed by atoms with van der Waals surface area (Å²) < 4.78 is 28.5. The van der Waals surface area contributed by atoms with Crippen molar-refractivity contribution < 1.29 is 13.5 Å². The highest BCUT2D eigenvalue weighted by molar-refractivity contribution is 7.87. The Bertz CT molecular complexity index is 548. The summed E-state index contributed by atoms with van der Waals surface area (Å²) in [5.41, 5.74) is 1.69. The summed E-state index contributed by atoms with van der Waals surface area (Å²) in [4.78, 5) is 4.17. The van der Waals surface area contributed by atoms with Crippen molar-refractivity contribution in [3.8, 4) is 0 Å². The molecule has 6 nitrogen and oxygen atoms in total. The van der Waals surface area contributed by atoms with Gasteiger partial charge >= 0.3 is 0 Å². The van der Waals surface area contributed by atoms with Crippen LogP contribution in [0.5, 0.6) is 0 Å². The second-order valence-electron chi connectivity index (χ2n) is 5.14. The Morgan fingerprint density at radius 2 is 2.35 bits per heavy atom. The van der Waals surface area contributed by atoms with E-state index in [4.69, 9.17) is 5.11 Å². The first kappa shape index (κ1) is 15.4.